The van der Waals surface area contributed by atoms with Crippen LogP contribution < -0.4 is 4.90 Å². The van der Waals surface area contributed by atoms with Crippen LogP contribution in [-0.2, 0) is 5.41 Å². The highest BCUT2D eigenvalue weighted by Crippen LogP contribution is 2.55. The molecule has 0 amide bonds. The van der Waals surface area contributed by atoms with Crippen molar-refractivity contribution in [2.45, 2.75) is 12.3 Å². The van der Waals surface area contributed by atoms with Crippen molar-refractivity contribution < 1.29 is 0 Å². The van der Waals surface area contributed by atoms with Gasteiger partial charge in [0.05, 0.1) is 0 Å². The monoisotopic (exact) mass is 777 g/mol. The van der Waals surface area contributed by atoms with Crippen molar-refractivity contribution in [2.24, 2.45) is 0 Å². The normalized spacial score (nSPS) is 14.0. The zero-order valence-electron chi connectivity index (χ0n) is 34.0. The van der Waals surface area contributed by atoms with Crippen LogP contribution in [-0.4, -0.2) is 0 Å². The molecule has 1 atom stereocenters. The number of nitrogens with zero attached hydrogens (tertiary/aromatic N) is 1. The summed E-state index contributed by atoms with van der Waals surface area (Å²) >= 11 is 0. The van der Waals surface area contributed by atoms with Gasteiger partial charge >= 0.3 is 0 Å². The average Bonchev–Trinajstić information content (AvgIpc) is 3.61. The Morgan fingerprint density at radius 3 is 1.54 bits per heavy atom. The van der Waals surface area contributed by atoms with E-state index in [1.807, 2.05) is 0 Å². The van der Waals surface area contributed by atoms with Crippen molar-refractivity contribution in [2.75, 3.05) is 4.90 Å². The summed E-state index contributed by atoms with van der Waals surface area (Å²) in [5.41, 5.74) is 19.3. The molecule has 0 N–H and O–H groups in total. The van der Waals surface area contributed by atoms with Crippen molar-refractivity contribution in [3.63, 3.8) is 0 Å². The lowest BCUT2D eigenvalue weighted by Crippen LogP contribution is -2.22. The number of rotatable bonds is 8. The van der Waals surface area contributed by atoms with Gasteiger partial charge in [-0.3, -0.25) is 0 Å². The topological polar surface area (TPSA) is 3.24 Å². The van der Waals surface area contributed by atoms with Crippen LogP contribution in [0, 0.1) is 0 Å². The van der Waals surface area contributed by atoms with E-state index in [1.54, 1.807) is 0 Å². The average molecular weight is 778 g/mol. The molecule has 0 aliphatic heterocycles. The standard InChI is InChI=1S/C60H43N/c1-60(51-22-6-3-7-23-51)57-27-11-10-25-56(57)59-55(26-14-28-58(59)60)45-33-37-53(38-34-45)61(52-35-31-44(32-36-52)50-30-29-43-17-8-9-18-46(43)40-50)54-24-13-21-49(41-54)48-20-12-19-47(39-48)42-15-4-2-5-16-42/h2-41H,1H3. The highest BCUT2D eigenvalue weighted by atomic mass is 15.1. The van der Waals surface area contributed by atoms with Crippen LogP contribution in [0.5, 0.6) is 0 Å². The molecule has 10 aromatic rings. The van der Waals surface area contributed by atoms with Gasteiger partial charge in [-0.05, 0) is 139 Å². The summed E-state index contributed by atoms with van der Waals surface area (Å²) < 4.78 is 0. The molecule has 1 aliphatic rings. The first-order valence-corrected chi connectivity index (χ1v) is 21.2. The second kappa shape index (κ2) is 15.1. The first kappa shape index (κ1) is 36.3. The molecule has 288 valence electrons. The number of hydrogen-bond donors (Lipinski definition) is 0. The highest BCUT2D eigenvalue weighted by molar-refractivity contribution is 5.94. The third-order valence-electron chi connectivity index (χ3n) is 12.7. The van der Waals surface area contributed by atoms with Gasteiger partial charge in [0.25, 0.3) is 0 Å². The van der Waals surface area contributed by atoms with E-state index in [4.69, 9.17) is 0 Å². The van der Waals surface area contributed by atoms with Crippen molar-refractivity contribution in [1.82, 2.24) is 0 Å². The maximum absolute atomic E-state index is 2.38. The number of anilines is 3. The molecule has 1 heteroatoms. The van der Waals surface area contributed by atoms with E-state index >= 15 is 0 Å². The molecule has 11 rings (SSSR count). The lowest BCUT2D eigenvalue weighted by atomic mass is 9.74. The summed E-state index contributed by atoms with van der Waals surface area (Å²) in [6.45, 7) is 2.38. The smallest absolute Gasteiger partial charge is 0.0467 e. The number of hydrogen-bond acceptors (Lipinski definition) is 1. The van der Waals surface area contributed by atoms with Gasteiger partial charge in [0.15, 0.2) is 0 Å². The van der Waals surface area contributed by atoms with E-state index in [9.17, 15) is 0 Å². The minimum atomic E-state index is -0.245. The molecule has 0 radical (unpaired) electrons. The Balaban J connectivity index is 1.01. The summed E-state index contributed by atoms with van der Waals surface area (Å²) in [6, 6.07) is 88.7. The third kappa shape index (κ3) is 6.43. The van der Waals surface area contributed by atoms with E-state index in [2.05, 4.69) is 254 Å². The molecule has 0 bridgehead atoms. The van der Waals surface area contributed by atoms with E-state index in [0.29, 0.717) is 0 Å². The minimum absolute atomic E-state index is 0.245. The largest absolute Gasteiger partial charge is 0.310 e. The van der Waals surface area contributed by atoms with Gasteiger partial charge in [-0.1, -0.05) is 194 Å². The second-order valence-electron chi connectivity index (χ2n) is 16.3. The molecular weight excluding hydrogens is 735 g/mol. The molecule has 10 aromatic carbocycles. The molecule has 1 aliphatic carbocycles. The molecule has 61 heavy (non-hydrogen) atoms. The van der Waals surface area contributed by atoms with Crippen molar-refractivity contribution in [3.05, 3.63) is 259 Å². The molecule has 0 heterocycles. The molecule has 0 aromatic heterocycles. The maximum atomic E-state index is 2.38. The van der Waals surface area contributed by atoms with Gasteiger partial charge in [0.1, 0.15) is 0 Å². The van der Waals surface area contributed by atoms with Crippen molar-refractivity contribution in [3.8, 4) is 55.6 Å². The lowest BCUT2D eigenvalue weighted by Gasteiger charge is -2.28. The fourth-order valence-electron chi connectivity index (χ4n) is 9.61. The summed E-state index contributed by atoms with van der Waals surface area (Å²) in [4.78, 5) is 2.38. The van der Waals surface area contributed by atoms with Crippen LogP contribution >= 0.6 is 0 Å². The van der Waals surface area contributed by atoms with Crippen molar-refractivity contribution >= 4 is 27.8 Å². The van der Waals surface area contributed by atoms with Crippen LogP contribution in [0.3, 0.4) is 0 Å². The number of benzene rings is 10. The predicted octanol–water partition coefficient (Wildman–Crippen LogP) is 16.3. The Labute approximate surface area is 358 Å². The Bertz CT molecular complexity index is 3180. The summed E-state index contributed by atoms with van der Waals surface area (Å²) in [6.07, 6.45) is 0. The predicted molar refractivity (Wildman–Crippen MR) is 258 cm³/mol. The van der Waals surface area contributed by atoms with Gasteiger partial charge in [0, 0.05) is 22.5 Å². The third-order valence-corrected chi connectivity index (χ3v) is 12.7. The molecule has 1 unspecified atom stereocenters. The first-order valence-electron chi connectivity index (χ1n) is 21.2. The highest BCUT2D eigenvalue weighted by Gasteiger charge is 2.41. The molecular formula is C60H43N. The van der Waals surface area contributed by atoms with Gasteiger partial charge in [-0.15, -0.1) is 0 Å². The summed E-state index contributed by atoms with van der Waals surface area (Å²) in [5.74, 6) is 0. The van der Waals surface area contributed by atoms with Gasteiger partial charge < -0.3 is 4.90 Å². The lowest BCUT2D eigenvalue weighted by molar-refractivity contribution is 0.714. The van der Waals surface area contributed by atoms with Crippen LogP contribution in [0.4, 0.5) is 17.1 Å². The van der Waals surface area contributed by atoms with Crippen molar-refractivity contribution in [1.29, 1.82) is 0 Å². The van der Waals surface area contributed by atoms with Crippen LogP contribution in [0.2, 0.25) is 0 Å². The maximum Gasteiger partial charge on any atom is 0.0467 e. The molecule has 0 saturated carbocycles. The van der Waals surface area contributed by atoms with E-state index in [1.165, 1.54) is 83.1 Å². The Kier molecular flexibility index (Phi) is 9.02. The van der Waals surface area contributed by atoms with Gasteiger partial charge in [-0.2, -0.15) is 0 Å². The Morgan fingerprint density at radius 1 is 0.295 bits per heavy atom. The second-order valence-corrected chi connectivity index (χ2v) is 16.3. The number of fused-ring (bicyclic) bond motifs is 4. The molecule has 1 nitrogen and oxygen atoms in total. The zero-order valence-corrected chi connectivity index (χ0v) is 34.0. The van der Waals surface area contributed by atoms with E-state index < -0.39 is 0 Å². The van der Waals surface area contributed by atoms with Gasteiger partial charge in [0.2, 0.25) is 0 Å². The van der Waals surface area contributed by atoms with Crippen LogP contribution in [0.1, 0.15) is 23.6 Å². The van der Waals surface area contributed by atoms with Crippen LogP contribution in [0.25, 0.3) is 66.4 Å². The Hall–Kier alpha value is -7.74. The SMILES string of the molecule is CC1(c2ccccc2)c2ccccc2-c2c(-c3ccc(N(c4ccc(-c5ccc6ccccc6c5)cc4)c4cccc(-c5cccc(-c6ccccc6)c5)c4)cc3)cccc21. The molecule has 0 spiro atoms. The fraction of sp³-hybridized carbons (Fsp3) is 0.0333. The quantitative estimate of drug-likeness (QED) is 0.149. The van der Waals surface area contributed by atoms with E-state index in [-0.39, 0.29) is 5.41 Å². The summed E-state index contributed by atoms with van der Waals surface area (Å²) in [5, 5.41) is 2.50. The van der Waals surface area contributed by atoms with E-state index in [0.717, 1.165) is 17.1 Å². The van der Waals surface area contributed by atoms with Gasteiger partial charge in [-0.25, -0.2) is 0 Å². The Morgan fingerprint density at radius 2 is 0.787 bits per heavy atom. The molecule has 0 fully saturated rings. The minimum Gasteiger partial charge on any atom is -0.310 e. The van der Waals surface area contributed by atoms with Crippen LogP contribution in [0.15, 0.2) is 243 Å². The first-order chi connectivity index (χ1) is 30.1. The molecule has 0 saturated heterocycles. The summed E-state index contributed by atoms with van der Waals surface area (Å²) in [7, 11) is 0. The fourth-order valence-corrected chi connectivity index (χ4v) is 9.61. The zero-order chi connectivity index (χ0) is 40.8.